The lowest BCUT2D eigenvalue weighted by molar-refractivity contribution is 0.0766. The molecule has 112 valence electrons. The van der Waals surface area contributed by atoms with Crippen molar-refractivity contribution in [3.63, 3.8) is 0 Å². The first-order chi connectivity index (χ1) is 10.0. The van der Waals surface area contributed by atoms with Crippen molar-refractivity contribution in [2.75, 3.05) is 20.2 Å². The summed E-state index contributed by atoms with van der Waals surface area (Å²) in [6.07, 6.45) is 1.73. The summed E-state index contributed by atoms with van der Waals surface area (Å²) in [5.74, 6) is -0.140. The number of carbonyl (C=O) groups is 1. The molecule has 0 aliphatic rings. The Morgan fingerprint density at radius 2 is 2.24 bits per heavy atom. The number of carbonyl (C=O) groups excluding carboxylic acids is 1. The van der Waals surface area contributed by atoms with E-state index in [0.29, 0.717) is 29.4 Å². The minimum Gasteiger partial charge on any atom is -0.395 e. The van der Waals surface area contributed by atoms with Crippen LogP contribution in [0.15, 0.2) is 30.5 Å². The lowest BCUT2D eigenvalue weighted by Crippen LogP contribution is -2.29. The number of hydrogen-bond donors (Lipinski definition) is 1. The van der Waals surface area contributed by atoms with E-state index < -0.39 is 0 Å². The number of amides is 1. The molecule has 2 rings (SSSR count). The molecule has 1 aromatic heterocycles. The maximum Gasteiger partial charge on any atom is 0.257 e. The second kappa shape index (κ2) is 6.74. The van der Waals surface area contributed by atoms with Gasteiger partial charge in [-0.25, -0.2) is 0 Å². The Balaban J connectivity index is 2.17. The second-order valence-corrected chi connectivity index (χ2v) is 5.34. The number of aliphatic hydroxyl groups excluding tert-OH is 1. The van der Waals surface area contributed by atoms with Crippen LogP contribution in [0.2, 0.25) is 5.02 Å². The molecule has 6 heteroatoms. The third-order valence-corrected chi connectivity index (χ3v) is 3.43. The molecular formula is C15H18ClN3O2. The number of halogens is 1. The molecule has 1 aromatic carbocycles. The summed E-state index contributed by atoms with van der Waals surface area (Å²) in [5.41, 5.74) is 2.24. The van der Waals surface area contributed by atoms with Gasteiger partial charge < -0.3 is 10.0 Å². The quantitative estimate of drug-likeness (QED) is 0.918. The lowest BCUT2D eigenvalue weighted by Gasteiger charge is -2.14. The van der Waals surface area contributed by atoms with E-state index in [4.69, 9.17) is 16.7 Å². The van der Waals surface area contributed by atoms with E-state index in [0.717, 1.165) is 5.56 Å². The number of hydrogen-bond acceptors (Lipinski definition) is 3. The van der Waals surface area contributed by atoms with Crippen LogP contribution >= 0.6 is 11.6 Å². The van der Waals surface area contributed by atoms with Crippen molar-refractivity contribution in [2.45, 2.75) is 13.5 Å². The molecule has 0 saturated heterocycles. The Bertz CT molecular complexity index is 640. The molecule has 0 spiro atoms. The molecule has 0 aliphatic carbocycles. The fourth-order valence-electron chi connectivity index (χ4n) is 2.09. The highest BCUT2D eigenvalue weighted by Gasteiger charge is 2.17. The highest BCUT2D eigenvalue weighted by atomic mass is 35.5. The second-order valence-electron chi connectivity index (χ2n) is 4.91. The zero-order valence-electron chi connectivity index (χ0n) is 12.1. The minimum atomic E-state index is -0.140. The van der Waals surface area contributed by atoms with Gasteiger partial charge in [0.15, 0.2) is 0 Å². The molecule has 2 aromatic rings. The van der Waals surface area contributed by atoms with Gasteiger partial charge >= 0.3 is 0 Å². The highest BCUT2D eigenvalue weighted by molar-refractivity contribution is 6.30. The van der Waals surface area contributed by atoms with Crippen LogP contribution in [0, 0.1) is 6.92 Å². The minimum absolute atomic E-state index is 0.0576. The van der Waals surface area contributed by atoms with Crippen molar-refractivity contribution in [3.05, 3.63) is 52.3 Å². The first-order valence-electron chi connectivity index (χ1n) is 6.66. The van der Waals surface area contributed by atoms with E-state index in [2.05, 4.69) is 5.10 Å². The fourth-order valence-corrected chi connectivity index (χ4v) is 2.30. The summed E-state index contributed by atoms with van der Waals surface area (Å²) in [6.45, 7) is 2.60. The maximum atomic E-state index is 12.2. The number of likely N-dealkylation sites (N-methyl/N-ethyl adjacent to an activating group) is 1. The number of rotatable bonds is 5. The van der Waals surface area contributed by atoms with Crippen molar-refractivity contribution >= 4 is 17.5 Å². The third kappa shape index (κ3) is 3.83. The monoisotopic (exact) mass is 307 g/mol. The predicted octanol–water partition coefficient (Wildman–Crippen LogP) is 1.96. The molecular weight excluding hydrogens is 290 g/mol. The van der Waals surface area contributed by atoms with Crippen molar-refractivity contribution < 1.29 is 9.90 Å². The standard InChI is InChI=1S/C15H18ClN3O2/c1-11-14(15(21)18(2)6-7-20)10-19(17-11)9-12-4-3-5-13(16)8-12/h3-5,8,10,20H,6-7,9H2,1-2H3. The van der Waals surface area contributed by atoms with Gasteiger partial charge in [-0.2, -0.15) is 5.10 Å². The normalized spacial score (nSPS) is 10.7. The molecule has 1 heterocycles. The molecule has 0 aliphatic heterocycles. The van der Waals surface area contributed by atoms with Gasteiger partial charge in [0.25, 0.3) is 5.91 Å². The van der Waals surface area contributed by atoms with E-state index in [1.165, 1.54) is 4.90 Å². The van der Waals surface area contributed by atoms with E-state index in [9.17, 15) is 4.79 Å². The molecule has 5 nitrogen and oxygen atoms in total. The van der Waals surface area contributed by atoms with E-state index in [1.807, 2.05) is 24.3 Å². The van der Waals surface area contributed by atoms with E-state index in [1.54, 1.807) is 24.9 Å². The van der Waals surface area contributed by atoms with Crippen molar-refractivity contribution in [1.29, 1.82) is 0 Å². The largest absolute Gasteiger partial charge is 0.395 e. The maximum absolute atomic E-state index is 12.2. The molecule has 0 unspecified atom stereocenters. The fraction of sp³-hybridized carbons (Fsp3) is 0.333. The van der Waals surface area contributed by atoms with Gasteiger partial charge in [-0.1, -0.05) is 23.7 Å². The van der Waals surface area contributed by atoms with Crippen LogP contribution in [-0.2, 0) is 6.54 Å². The van der Waals surface area contributed by atoms with Crippen LogP contribution in [0.3, 0.4) is 0 Å². The summed E-state index contributed by atoms with van der Waals surface area (Å²) in [5, 5.41) is 13.9. The van der Waals surface area contributed by atoms with Gasteiger partial charge in [0, 0.05) is 24.8 Å². The van der Waals surface area contributed by atoms with E-state index in [-0.39, 0.29) is 12.5 Å². The molecule has 0 radical (unpaired) electrons. The first-order valence-corrected chi connectivity index (χ1v) is 7.04. The topological polar surface area (TPSA) is 58.4 Å². The molecule has 0 bridgehead atoms. The summed E-state index contributed by atoms with van der Waals surface area (Å²) in [4.78, 5) is 13.7. The predicted molar refractivity (Wildman–Crippen MR) is 81.6 cm³/mol. The van der Waals surface area contributed by atoms with Gasteiger partial charge in [0.1, 0.15) is 0 Å². The van der Waals surface area contributed by atoms with Crippen LogP contribution in [0.5, 0.6) is 0 Å². The zero-order valence-corrected chi connectivity index (χ0v) is 12.8. The average Bonchev–Trinajstić information content (AvgIpc) is 2.79. The number of benzene rings is 1. The summed E-state index contributed by atoms with van der Waals surface area (Å²) in [7, 11) is 1.66. The van der Waals surface area contributed by atoms with Crippen LogP contribution in [0.4, 0.5) is 0 Å². The molecule has 1 N–H and O–H groups in total. The molecule has 0 saturated carbocycles. The number of nitrogens with zero attached hydrogens (tertiary/aromatic N) is 3. The smallest absolute Gasteiger partial charge is 0.257 e. The van der Waals surface area contributed by atoms with Crippen LogP contribution in [0.1, 0.15) is 21.6 Å². The molecule has 0 atom stereocenters. The lowest BCUT2D eigenvalue weighted by atomic mass is 10.2. The van der Waals surface area contributed by atoms with E-state index >= 15 is 0 Å². The summed E-state index contributed by atoms with van der Waals surface area (Å²) in [6, 6.07) is 7.54. The van der Waals surface area contributed by atoms with Crippen molar-refractivity contribution in [2.24, 2.45) is 0 Å². The van der Waals surface area contributed by atoms with Crippen LogP contribution < -0.4 is 0 Å². The van der Waals surface area contributed by atoms with Gasteiger partial charge in [0.2, 0.25) is 0 Å². The zero-order chi connectivity index (χ0) is 15.4. The van der Waals surface area contributed by atoms with Gasteiger partial charge in [0.05, 0.1) is 24.4 Å². The molecule has 21 heavy (non-hydrogen) atoms. The third-order valence-electron chi connectivity index (χ3n) is 3.19. The SMILES string of the molecule is Cc1nn(Cc2cccc(Cl)c2)cc1C(=O)N(C)CCO. The summed E-state index contributed by atoms with van der Waals surface area (Å²) >= 11 is 5.96. The first kappa shape index (κ1) is 15.5. The highest BCUT2D eigenvalue weighted by Crippen LogP contribution is 2.14. The Labute approximate surface area is 128 Å². The summed E-state index contributed by atoms with van der Waals surface area (Å²) < 4.78 is 1.72. The number of aromatic nitrogens is 2. The van der Waals surface area contributed by atoms with Crippen molar-refractivity contribution in [1.82, 2.24) is 14.7 Å². The Hall–Kier alpha value is -1.85. The molecule has 0 fully saturated rings. The van der Waals surface area contributed by atoms with Crippen molar-refractivity contribution in [3.8, 4) is 0 Å². The Morgan fingerprint density at radius 3 is 2.90 bits per heavy atom. The van der Waals surface area contributed by atoms with Gasteiger partial charge in [-0.05, 0) is 24.6 Å². The Kier molecular flexibility index (Phi) is 4.98. The van der Waals surface area contributed by atoms with Crippen LogP contribution in [-0.4, -0.2) is 45.9 Å². The van der Waals surface area contributed by atoms with Gasteiger partial charge in [-0.15, -0.1) is 0 Å². The van der Waals surface area contributed by atoms with Crippen LogP contribution in [0.25, 0.3) is 0 Å². The number of aryl methyl sites for hydroxylation is 1. The Morgan fingerprint density at radius 1 is 1.48 bits per heavy atom. The molecule has 1 amide bonds. The van der Waals surface area contributed by atoms with Gasteiger partial charge in [-0.3, -0.25) is 9.48 Å². The average molecular weight is 308 g/mol. The number of aliphatic hydroxyl groups is 1.